The Morgan fingerprint density at radius 1 is 0.818 bits per heavy atom. The molecule has 0 bridgehead atoms. The van der Waals surface area contributed by atoms with Crippen molar-refractivity contribution in [2.75, 3.05) is 6.61 Å². The fourth-order valence-electron chi connectivity index (χ4n) is 8.00. The molecule has 1 heterocycles. The minimum Gasteiger partial charge on any atom is -0.490 e. The van der Waals surface area contributed by atoms with Gasteiger partial charge in [0.25, 0.3) is 0 Å². The lowest BCUT2D eigenvalue weighted by Gasteiger charge is -2.52. The van der Waals surface area contributed by atoms with Crippen molar-refractivity contribution in [1.29, 1.82) is 0 Å². The SMILES string of the molecule is CCOc1cc(C2C3=C(CC(C)(C)CC3=O)N(C3CCCCC3)C3=C2C(=O)CC(C)(C)C3)cc(Br)c1OCc1ccccc1. The third-order valence-corrected chi connectivity index (χ3v) is 10.4. The van der Waals surface area contributed by atoms with Crippen LogP contribution in [0, 0.1) is 10.8 Å². The number of Topliss-reactive ketones (excluding diaryl/α,β-unsaturated/α-hetero) is 2. The molecule has 0 unspecified atom stereocenters. The first kappa shape index (κ1) is 31.1. The summed E-state index contributed by atoms with van der Waals surface area (Å²) in [5.74, 6) is 1.19. The van der Waals surface area contributed by atoms with Crippen LogP contribution >= 0.6 is 15.9 Å². The largest absolute Gasteiger partial charge is 0.490 e. The summed E-state index contributed by atoms with van der Waals surface area (Å²) in [6, 6.07) is 14.5. The van der Waals surface area contributed by atoms with E-state index in [0.29, 0.717) is 43.6 Å². The van der Waals surface area contributed by atoms with Crippen molar-refractivity contribution in [2.45, 2.75) is 111 Å². The lowest BCUT2D eigenvalue weighted by molar-refractivity contribution is -0.119. The summed E-state index contributed by atoms with van der Waals surface area (Å²) in [7, 11) is 0. The molecular formula is C38H46BrNO4. The molecule has 4 aliphatic rings. The van der Waals surface area contributed by atoms with Crippen molar-refractivity contribution in [3.05, 3.63) is 80.6 Å². The van der Waals surface area contributed by atoms with E-state index in [9.17, 15) is 9.59 Å². The van der Waals surface area contributed by atoms with Crippen LogP contribution < -0.4 is 9.47 Å². The lowest BCUT2D eigenvalue weighted by atomic mass is 9.63. The van der Waals surface area contributed by atoms with Gasteiger partial charge in [0, 0.05) is 47.3 Å². The maximum Gasteiger partial charge on any atom is 0.175 e. The van der Waals surface area contributed by atoms with Gasteiger partial charge in [-0.1, -0.05) is 77.3 Å². The van der Waals surface area contributed by atoms with Crippen LogP contribution in [0.5, 0.6) is 11.5 Å². The molecule has 0 N–H and O–H groups in total. The molecule has 0 amide bonds. The van der Waals surface area contributed by atoms with Crippen LogP contribution in [0.1, 0.15) is 109 Å². The maximum absolute atomic E-state index is 14.3. The molecule has 5 nitrogen and oxygen atoms in total. The molecule has 44 heavy (non-hydrogen) atoms. The highest BCUT2D eigenvalue weighted by Gasteiger charge is 2.50. The second kappa shape index (κ2) is 12.2. The van der Waals surface area contributed by atoms with Gasteiger partial charge in [0.2, 0.25) is 0 Å². The third-order valence-electron chi connectivity index (χ3n) is 9.78. The van der Waals surface area contributed by atoms with Crippen molar-refractivity contribution in [1.82, 2.24) is 4.90 Å². The van der Waals surface area contributed by atoms with Crippen molar-refractivity contribution in [3.63, 3.8) is 0 Å². The second-order valence-electron chi connectivity index (χ2n) is 14.7. The number of rotatable bonds is 7. The number of hydrogen-bond acceptors (Lipinski definition) is 5. The number of carbonyl (C=O) groups excluding carboxylic acids is 2. The standard InChI is InChI=1S/C38H46BrNO4/c1-6-43-32-18-25(17-27(39)36(32)44-23-24-13-9-7-10-14-24)33-34-28(19-37(2,3)21-30(34)41)40(26-15-11-8-12-16-26)29-20-38(4,5)22-31(42)35(29)33/h7,9-10,13-14,17-18,26,33H,6,8,11-12,15-16,19-23H2,1-5H3. The monoisotopic (exact) mass is 659 g/mol. The molecule has 3 aliphatic carbocycles. The molecule has 6 heteroatoms. The van der Waals surface area contributed by atoms with Gasteiger partial charge in [-0.25, -0.2) is 0 Å². The van der Waals surface area contributed by atoms with E-state index in [4.69, 9.17) is 9.47 Å². The molecule has 0 saturated heterocycles. The van der Waals surface area contributed by atoms with E-state index in [1.165, 1.54) is 19.3 Å². The first-order chi connectivity index (χ1) is 21.0. The summed E-state index contributed by atoms with van der Waals surface area (Å²) in [6.45, 7) is 11.7. The Kier molecular flexibility index (Phi) is 8.60. The van der Waals surface area contributed by atoms with E-state index in [-0.39, 0.29) is 22.4 Å². The topological polar surface area (TPSA) is 55.8 Å². The zero-order valence-corrected chi connectivity index (χ0v) is 28.5. The zero-order chi connectivity index (χ0) is 31.2. The smallest absolute Gasteiger partial charge is 0.175 e. The van der Waals surface area contributed by atoms with Gasteiger partial charge in [0.1, 0.15) is 6.61 Å². The quantitative estimate of drug-likeness (QED) is 0.296. The number of halogens is 1. The van der Waals surface area contributed by atoms with Gasteiger partial charge in [0.05, 0.1) is 11.1 Å². The predicted molar refractivity (Wildman–Crippen MR) is 178 cm³/mol. The number of carbonyl (C=O) groups is 2. The Bertz CT molecular complexity index is 1460. The van der Waals surface area contributed by atoms with Crippen LogP contribution in [0.15, 0.2) is 69.5 Å². The highest BCUT2D eigenvalue weighted by molar-refractivity contribution is 9.10. The first-order valence-corrected chi connectivity index (χ1v) is 17.2. The Morgan fingerprint density at radius 2 is 1.41 bits per heavy atom. The summed E-state index contributed by atoms with van der Waals surface area (Å²) in [5.41, 5.74) is 5.69. The van der Waals surface area contributed by atoms with E-state index < -0.39 is 5.92 Å². The molecule has 2 aromatic carbocycles. The van der Waals surface area contributed by atoms with E-state index in [2.05, 4.69) is 54.6 Å². The van der Waals surface area contributed by atoms with Gasteiger partial charge >= 0.3 is 0 Å². The van der Waals surface area contributed by atoms with Crippen molar-refractivity contribution >= 4 is 27.5 Å². The molecule has 1 fully saturated rings. The number of allylic oxidation sites excluding steroid dienone is 4. The molecular weight excluding hydrogens is 614 g/mol. The Labute approximate surface area is 271 Å². The Morgan fingerprint density at radius 3 is 1.98 bits per heavy atom. The molecule has 0 aromatic heterocycles. The summed E-state index contributed by atoms with van der Waals surface area (Å²) < 4.78 is 13.3. The number of benzene rings is 2. The third kappa shape index (κ3) is 6.03. The predicted octanol–water partition coefficient (Wildman–Crippen LogP) is 9.45. The maximum atomic E-state index is 14.3. The fourth-order valence-corrected chi connectivity index (χ4v) is 8.57. The van der Waals surface area contributed by atoms with Crippen LogP contribution in [0.4, 0.5) is 0 Å². The fraction of sp³-hybridized carbons (Fsp3) is 0.526. The normalized spacial score (nSPS) is 22.2. The number of nitrogens with zero attached hydrogens (tertiary/aromatic N) is 1. The van der Waals surface area contributed by atoms with Gasteiger partial charge in [-0.15, -0.1) is 0 Å². The van der Waals surface area contributed by atoms with Gasteiger partial charge in [0.15, 0.2) is 23.1 Å². The van der Waals surface area contributed by atoms with Crippen LogP contribution in [0.2, 0.25) is 0 Å². The van der Waals surface area contributed by atoms with Crippen LogP contribution in [0.3, 0.4) is 0 Å². The minimum absolute atomic E-state index is 0.133. The van der Waals surface area contributed by atoms with Crippen LogP contribution in [-0.2, 0) is 16.2 Å². The summed E-state index contributed by atoms with van der Waals surface area (Å²) in [4.78, 5) is 31.1. The lowest BCUT2D eigenvalue weighted by Crippen LogP contribution is -2.48. The molecule has 1 saturated carbocycles. The van der Waals surface area contributed by atoms with Crippen molar-refractivity contribution in [3.8, 4) is 11.5 Å². The average Bonchev–Trinajstić information content (AvgIpc) is 2.95. The van der Waals surface area contributed by atoms with Gasteiger partial charge in [-0.2, -0.15) is 0 Å². The Hall–Kier alpha value is -2.86. The van der Waals surface area contributed by atoms with Crippen LogP contribution in [0.25, 0.3) is 0 Å². The Balaban J connectivity index is 1.52. The van der Waals surface area contributed by atoms with Gasteiger partial charge in [-0.05, 0) is 82.6 Å². The van der Waals surface area contributed by atoms with Crippen molar-refractivity contribution < 1.29 is 19.1 Å². The number of hydrogen-bond donors (Lipinski definition) is 0. The summed E-state index contributed by atoms with van der Waals surface area (Å²) >= 11 is 3.81. The molecule has 0 spiro atoms. The molecule has 0 atom stereocenters. The van der Waals surface area contributed by atoms with Gasteiger partial charge in [-0.3, -0.25) is 9.59 Å². The zero-order valence-electron chi connectivity index (χ0n) is 26.9. The van der Waals surface area contributed by atoms with E-state index in [1.807, 2.05) is 43.3 Å². The van der Waals surface area contributed by atoms with Crippen molar-refractivity contribution in [2.24, 2.45) is 10.8 Å². The minimum atomic E-state index is -0.411. The molecule has 1 aliphatic heterocycles. The van der Waals surface area contributed by atoms with E-state index in [0.717, 1.165) is 63.8 Å². The highest BCUT2D eigenvalue weighted by atomic mass is 79.9. The average molecular weight is 661 g/mol. The van der Waals surface area contributed by atoms with Gasteiger partial charge < -0.3 is 14.4 Å². The van der Waals surface area contributed by atoms with E-state index >= 15 is 0 Å². The second-order valence-corrected chi connectivity index (χ2v) is 15.6. The molecule has 2 aromatic rings. The number of ketones is 2. The summed E-state index contributed by atoms with van der Waals surface area (Å²) in [5, 5.41) is 0. The highest BCUT2D eigenvalue weighted by Crippen LogP contribution is 2.56. The van der Waals surface area contributed by atoms with Crippen LogP contribution in [-0.4, -0.2) is 29.1 Å². The first-order valence-electron chi connectivity index (χ1n) is 16.4. The molecule has 234 valence electrons. The summed E-state index contributed by atoms with van der Waals surface area (Å²) in [6.07, 6.45) is 8.51. The molecule has 0 radical (unpaired) electrons. The molecule has 6 rings (SSSR count). The van der Waals surface area contributed by atoms with E-state index in [1.54, 1.807) is 0 Å². The number of ether oxygens (including phenoxy) is 2.